The van der Waals surface area contributed by atoms with Crippen molar-refractivity contribution in [2.45, 2.75) is 0 Å². The van der Waals surface area contributed by atoms with Crippen molar-refractivity contribution in [3.05, 3.63) is 0 Å². The van der Waals surface area contributed by atoms with E-state index in [1.807, 2.05) is 11.9 Å². The first-order valence-corrected chi connectivity index (χ1v) is 6.12. The summed E-state index contributed by atoms with van der Waals surface area (Å²) in [4.78, 5) is 28.6. The van der Waals surface area contributed by atoms with E-state index >= 15 is 0 Å². The molecule has 1 rings (SSSR count). The second-order valence-electron chi connectivity index (χ2n) is 4.57. The first-order valence-electron chi connectivity index (χ1n) is 6.12. The standard InChI is InChI=1S/C12H20N4O3/c1-3-4-16(9-11(17)13-19)12(18)10-15-7-5-14(2)6-8-15/h1,19H,4-10H2,2H3,(H,13,17). The number of nitrogens with one attached hydrogen (secondary N) is 1. The Hall–Kier alpha value is -1.62. The molecule has 0 aromatic carbocycles. The van der Waals surface area contributed by atoms with Crippen molar-refractivity contribution < 1.29 is 14.8 Å². The highest BCUT2D eigenvalue weighted by molar-refractivity contribution is 5.85. The SMILES string of the molecule is C#CCN(CC(=O)NO)C(=O)CN1CCN(C)CC1. The van der Waals surface area contributed by atoms with Crippen LogP contribution in [0.3, 0.4) is 0 Å². The molecule has 19 heavy (non-hydrogen) atoms. The number of piperazine rings is 1. The van der Waals surface area contributed by atoms with Gasteiger partial charge in [0, 0.05) is 26.2 Å². The van der Waals surface area contributed by atoms with Gasteiger partial charge in [0.05, 0.1) is 13.1 Å². The Morgan fingerprint density at radius 3 is 2.53 bits per heavy atom. The molecular formula is C12H20N4O3. The Morgan fingerprint density at radius 1 is 1.37 bits per heavy atom. The lowest BCUT2D eigenvalue weighted by Gasteiger charge is -2.33. The number of likely N-dealkylation sites (N-methyl/N-ethyl adjacent to an activating group) is 1. The molecule has 1 heterocycles. The summed E-state index contributed by atoms with van der Waals surface area (Å²) in [6.45, 7) is 3.54. The minimum absolute atomic E-state index is 0.0556. The van der Waals surface area contributed by atoms with Gasteiger partial charge in [0.15, 0.2) is 0 Å². The predicted molar refractivity (Wildman–Crippen MR) is 69.3 cm³/mol. The van der Waals surface area contributed by atoms with Gasteiger partial charge in [-0.1, -0.05) is 5.92 Å². The maximum Gasteiger partial charge on any atom is 0.262 e. The summed E-state index contributed by atoms with van der Waals surface area (Å²) in [6.07, 6.45) is 5.18. The van der Waals surface area contributed by atoms with Gasteiger partial charge in [-0.25, -0.2) is 5.48 Å². The Bertz CT molecular complexity index is 358. The number of carbonyl (C=O) groups excluding carboxylic acids is 2. The summed E-state index contributed by atoms with van der Waals surface area (Å²) in [6, 6.07) is 0. The van der Waals surface area contributed by atoms with Crippen LogP contribution in [0.25, 0.3) is 0 Å². The molecule has 1 aliphatic rings. The van der Waals surface area contributed by atoms with E-state index in [9.17, 15) is 9.59 Å². The van der Waals surface area contributed by atoms with Crippen molar-refractivity contribution in [1.29, 1.82) is 0 Å². The van der Waals surface area contributed by atoms with Crippen LogP contribution in [0.4, 0.5) is 0 Å². The van der Waals surface area contributed by atoms with Gasteiger partial charge in [0.25, 0.3) is 5.91 Å². The smallest absolute Gasteiger partial charge is 0.262 e. The summed E-state index contributed by atoms with van der Waals surface area (Å²) in [5.41, 5.74) is 1.50. The van der Waals surface area contributed by atoms with Gasteiger partial charge < -0.3 is 9.80 Å². The van der Waals surface area contributed by atoms with Gasteiger partial charge in [-0.2, -0.15) is 0 Å². The average Bonchev–Trinajstić information content (AvgIpc) is 2.40. The number of carbonyl (C=O) groups is 2. The zero-order valence-electron chi connectivity index (χ0n) is 11.1. The van der Waals surface area contributed by atoms with Gasteiger partial charge in [0.2, 0.25) is 5.91 Å². The first kappa shape index (κ1) is 15.4. The van der Waals surface area contributed by atoms with Crippen LogP contribution in [-0.4, -0.2) is 84.6 Å². The average molecular weight is 268 g/mol. The van der Waals surface area contributed by atoms with E-state index in [0.29, 0.717) is 0 Å². The maximum absolute atomic E-state index is 12.0. The summed E-state index contributed by atoms with van der Waals surface area (Å²) in [5, 5.41) is 8.48. The molecule has 2 N–H and O–H groups in total. The van der Waals surface area contributed by atoms with E-state index in [4.69, 9.17) is 11.6 Å². The number of amides is 2. The lowest BCUT2D eigenvalue weighted by Crippen LogP contribution is -2.50. The van der Waals surface area contributed by atoms with Gasteiger partial charge in [-0.3, -0.25) is 19.7 Å². The van der Waals surface area contributed by atoms with E-state index in [0.717, 1.165) is 26.2 Å². The normalized spacial score (nSPS) is 16.7. The highest BCUT2D eigenvalue weighted by atomic mass is 16.5. The van der Waals surface area contributed by atoms with Gasteiger partial charge in [-0.05, 0) is 7.05 Å². The largest absolute Gasteiger partial charge is 0.321 e. The maximum atomic E-state index is 12.0. The van der Waals surface area contributed by atoms with Crippen molar-refractivity contribution in [2.75, 3.05) is 52.9 Å². The molecule has 2 amide bonds. The van der Waals surface area contributed by atoms with Crippen LogP contribution >= 0.6 is 0 Å². The van der Waals surface area contributed by atoms with Crippen LogP contribution in [0.2, 0.25) is 0 Å². The number of nitrogens with zero attached hydrogens (tertiary/aromatic N) is 3. The summed E-state index contributed by atoms with van der Waals surface area (Å²) < 4.78 is 0. The van der Waals surface area contributed by atoms with Gasteiger partial charge >= 0.3 is 0 Å². The molecule has 0 unspecified atom stereocenters. The highest BCUT2D eigenvalue weighted by Gasteiger charge is 2.21. The lowest BCUT2D eigenvalue weighted by atomic mass is 10.3. The van der Waals surface area contributed by atoms with E-state index in [1.54, 1.807) is 0 Å². The summed E-state index contributed by atoms with van der Waals surface area (Å²) >= 11 is 0. The molecule has 0 bridgehead atoms. The van der Waals surface area contributed by atoms with Crippen LogP contribution in [-0.2, 0) is 9.59 Å². The second kappa shape index (κ2) is 7.74. The Morgan fingerprint density at radius 2 is 2.00 bits per heavy atom. The van der Waals surface area contributed by atoms with Crippen molar-refractivity contribution in [3.63, 3.8) is 0 Å². The second-order valence-corrected chi connectivity index (χ2v) is 4.57. The Kier molecular flexibility index (Phi) is 6.29. The molecule has 0 spiro atoms. The fourth-order valence-corrected chi connectivity index (χ4v) is 1.85. The number of hydrogen-bond acceptors (Lipinski definition) is 5. The third-order valence-corrected chi connectivity index (χ3v) is 3.05. The van der Waals surface area contributed by atoms with Crippen molar-refractivity contribution in [1.82, 2.24) is 20.2 Å². The predicted octanol–water partition coefficient (Wildman–Crippen LogP) is -1.80. The number of hydroxylamine groups is 1. The van der Waals surface area contributed by atoms with Crippen molar-refractivity contribution in [2.24, 2.45) is 0 Å². The fraction of sp³-hybridized carbons (Fsp3) is 0.667. The molecule has 1 saturated heterocycles. The van der Waals surface area contributed by atoms with Crippen LogP contribution in [0.15, 0.2) is 0 Å². The molecular weight excluding hydrogens is 248 g/mol. The van der Waals surface area contributed by atoms with E-state index < -0.39 is 5.91 Å². The molecule has 0 aromatic rings. The van der Waals surface area contributed by atoms with Crippen LogP contribution in [0.5, 0.6) is 0 Å². The molecule has 0 radical (unpaired) electrons. The van der Waals surface area contributed by atoms with Crippen molar-refractivity contribution >= 4 is 11.8 Å². The molecule has 7 nitrogen and oxygen atoms in total. The minimum atomic E-state index is -0.651. The van der Waals surface area contributed by atoms with E-state index in [-0.39, 0.29) is 25.5 Å². The zero-order chi connectivity index (χ0) is 14.3. The molecule has 106 valence electrons. The van der Waals surface area contributed by atoms with Gasteiger partial charge in [-0.15, -0.1) is 6.42 Å². The third kappa shape index (κ3) is 5.26. The molecule has 0 atom stereocenters. The topological polar surface area (TPSA) is 76.1 Å². The minimum Gasteiger partial charge on any atom is -0.321 e. The lowest BCUT2D eigenvalue weighted by molar-refractivity contribution is -0.139. The monoisotopic (exact) mass is 268 g/mol. The number of rotatable bonds is 5. The van der Waals surface area contributed by atoms with E-state index in [2.05, 4.69) is 10.8 Å². The van der Waals surface area contributed by atoms with Crippen LogP contribution in [0, 0.1) is 12.3 Å². The zero-order valence-corrected chi connectivity index (χ0v) is 11.1. The highest BCUT2D eigenvalue weighted by Crippen LogP contribution is 2.00. The van der Waals surface area contributed by atoms with Crippen molar-refractivity contribution in [3.8, 4) is 12.3 Å². The van der Waals surface area contributed by atoms with Crippen LogP contribution < -0.4 is 5.48 Å². The summed E-state index contributed by atoms with van der Waals surface area (Å²) in [5.74, 6) is 1.49. The fourth-order valence-electron chi connectivity index (χ4n) is 1.85. The molecule has 7 heteroatoms. The first-order chi connectivity index (χ1) is 9.06. The Labute approximate surface area is 113 Å². The van der Waals surface area contributed by atoms with Crippen LogP contribution in [0.1, 0.15) is 0 Å². The van der Waals surface area contributed by atoms with Gasteiger partial charge in [0.1, 0.15) is 6.54 Å². The molecule has 0 aliphatic carbocycles. The molecule has 0 aromatic heterocycles. The number of hydrogen-bond donors (Lipinski definition) is 2. The molecule has 0 saturated carbocycles. The quantitative estimate of drug-likeness (QED) is 0.349. The number of terminal acetylenes is 1. The Balaban J connectivity index is 2.47. The third-order valence-electron chi connectivity index (χ3n) is 3.05. The van der Waals surface area contributed by atoms with E-state index in [1.165, 1.54) is 10.4 Å². The molecule has 1 fully saturated rings. The summed E-state index contributed by atoms with van der Waals surface area (Å²) in [7, 11) is 2.04. The molecule has 1 aliphatic heterocycles.